The Morgan fingerprint density at radius 3 is 2.74 bits per heavy atom. The average Bonchev–Trinajstić information content (AvgIpc) is 3.63. The molecule has 1 aromatic carbocycles. The Hall–Kier alpha value is -2.73. The maximum atomic E-state index is 14.4. The first-order valence-corrected chi connectivity index (χ1v) is 16.3. The molecule has 3 amide bonds. The largest absolute Gasteiger partial charge is 0.349 e. The fraction of sp³-hybridized carbons (Fsp3) is 0.594. The SMILES string of the molecule is CC(C)C[C@H]1C(=O)N2CCC[C@@H]2[C@]2(O)O[C@](NC(=O)[C@H]3C=C4c5cccc6[nH]c(Br)c(c56)C[C@H]4N(C)C3)(C(C)C)C(=O)N12. The number of nitrogens with one attached hydrogen (secondary N) is 2. The molecule has 11 heteroatoms. The van der Waals surface area contributed by atoms with E-state index in [9.17, 15) is 19.5 Å². The summed E-state index contributed by atoms with van der Waals surface area (Å²) in [6.45, 7) is 8.57. The quantitative estimate of drug-likeness (QED) is 0.456. The van der Waals surface area contributed by atoms with Gasteiger partial charge in [-0.15, -0.1) is 0 Å². The number of aromatic amines is 1. The van der Waals surface area contributed by atoms with Crippen molar-refractivity contribution in [3.63, 3.8) is 0 Å². The van der Waals surface area contributed by atoms with Crippen molar-refractivity contribution in [2.24, 2.45) is 17.8 Å². The van der Waals surface area contributed by atoms with Crippen molar-refractivity contribution in [1.82, 2.24) is 25.0 Å². The van der Waals surface area contributed by atoms with Gasteiger partial charge in [-0.05, 0) is 77.3 Å². The second-order valence-electron chi connectivity index (χ2n) is 13.7. The molecule has 5 aliphatic rings. The number of ether oxygens (including phenoxy) is 1. The normalized spacial score (nSPS) is 33.7. The second kappa shape index (κ2) is 9.89. The number of rotatable bonds is 5. The monoisotopic (exact) mass is 653 g/mol. The molecule has 43 heavy (non-hydrogen) atoms. The molecule has 7 rings (SSSR count). The molecule has 0 spiro atoms. The molecule has 4 aliphatic heterocycles. The molecule has 3 N–H and O–H groups in total. The number of aliphatic hydroxyl groups is 1. The third kappa shape index (κ3) is 4.04. The predicted molar refractivity (Wildman–Crippen MR) is 164 cm³/mol. The lowest BCUT2D eigenvalue weighted by Crippen LogP contribution is -2.71. The molecule has 0 radical (unpaired) electrons. The van der Waals surface area contributed by atoms with Gasteiger partial charge in [0.2, 0.25) is 17.5 Å². The minimum atomic E-state index is -2.01. The molecule has 1 aromatic heterocycles. The fourth-order valence-corrected chi connectivity index (χ4v) is 8.72. The lowest BCUT2D eigenvalue weighted by atomic mass is 9.79. The molecule has 0 bridgehead atoms. The molecule has 2 aromatic rings. The molecular weight excluding hydrogens is 614 g/mol. The number of carbonyl (C=O) groups excluding carboxylic acids is 3. The highest BCUT2D eigenvalue weighted by molar-refractivity contribution is 9.10. The van der Waals surface area contributed by atoms with Crippen LogP contribution in [0.3, 0.4) is 0 Å². The summed E-state index contributed by atoms with van der Waals surface area (Å²) in [5.74, 6) is -4.01. The van der Waals surface area contributed by atoms with Gasteiger partial charge in [0.25, 0.3) is 11.8 Å². The van der Waals surface area contributed by atoms with Crippen molar-refractivity contribution in [2.75, 3.05) is 20.1 Å². The number of nitrogens with zero attached hydrogens (tertiary/aromatic N) is 3. The van der Waals surface area contributed by atoms with Crippen LogP contribution in [-0.2, 0) is 25.5 Å². The number of fused-ring (bicyclic) bond motifs is 5. The van der Waals surface area contributed by atoms with Crippen molar-refractivity contribution in [3.8, 4) is 0 Å². The Morgan fingerprint density at radius 1 is 1.26 bits per heavy atom. The third-order valence-electron chi connectivity index (χ3n) is 10.3. The standard InChI is InChI=1S/C32H40BrN5O5/c1-16(2)12-24-29(40)37-11-7-10-25(37)32(42)38(24)30(41)31(43-32,17(3)4)35-28(39)18-13-20-19-8-6-9-22-26(19)21(27(33)34-22)14-23(20)36(5)15-18/h6,8-9,13,16-18,23-25,34,42H,7,10-12,14-15H2,1-5H3,(H,35,39)/t18-,23+,24-,25+,31+,32-/m0/s1. The van der Waals surface area contributed by atoms with E-state index in [-0.39, 0.29) is 23.8 Å². The zero-order valence-corrected chi connectivity index (χ0v) is 26.9. The van der Waals surface area contributed by atoms with Crippen molar-refractivity contribution in [1.29, 1.82) is 0 Å². The van der Waals surface area contributed by atoms with E-state index in [2.05, 4.69) is 43.3 Å². The van der Waals surface area contributed by atoms with Crippen LogP contribution >= 0.6 is 15.9 Å². The van der Waals surface area contributed by atoms with Gasteiger partial charge in [-0.3, -0.25) is 28.9 Å². The van der Waals surface area contributed by atoms with Gasteiger partial charge in [-0.2, -0.15) is 0 Å². The highest BCUT2D eigenvalue weighted by Crippen LogP contribution is 2.49. The summed E-state index contributed by atoms with van der Waals surface area (Å²) in [6.07, 6.45) is 4.49. The molecule has 10 nitrogen and oxygen atoms in total. The number of hydrogen-bond donors (Lipinski definition) is 3. The number of aromatic nitrogens is 1. The van der Waals surface area contributed by atoms with Gasteiger partial charge >= 0.3 is 0 Å². The lowest BCUT2D eigenvalue weighted by Gasteiger charge is -2.49. The summed E-state index contributed by atoms with van der Waals surface area (Å²) in [5.41, 5.74) is 2.68. The number of hydrogen-bond acceptors (Lipinski definition) is 6. The molecular formula is C32H40BrN5O5. The zero-order chi connectivity index (χ0) is 30.6. The van der Waals surface area contributed by atoms with Crippen LogP contribution in [0.15, 0.2) is 28.9 Å². The average molecular weight is 655 g/mol. The van der Waals surface area contributed by atoms with E-state index in [1.807, 2.05) is 33.0 Å². The molecule has 0 saturated carbocycles. The van der Waals surface area contributed by atoms with Crippen LogP contribution in [-0.4, -0.2) is 92.4 Å². The Kier molecular flexibility index (Phi) is 6.67. The van der Waals surface area contributed by atoms with Gasteiger partial charge in [0.05, 0.1) is 10.5 Å². The Labute approximate surface area is 259 Å². The molecule has 6 atom stereocenters. The number of amides is 3. The number of likely N-dealkylation sites (N-methyl/N-ethyl adjacent to an activating group) is 1. The minimum absolute atomic E-state index is 0.104. The van der Waals surface area contributed by atoms with E-state index in [1.54, 1.807) is 18.7 Å². The molecule has 230 valence electrons. The van der Waals surface area contributed by atoms with Gasteiger partial charge in [0.15, 0.2) is 0 Å². The molecule has 3 fully saturated rings. The highest BCUT2D eigenvalue weighted by atomic mass is 79.9. The van der Waals surface area contributed by atoms with E-state index in [4.69, 9.17) is 4.74 Å². The van der Waals surface area contributed by atoms with Gasteiger partial charge in [0, 0.05) is 36.0 Å². The van der Waals surface area contributed by atoms with Crippen molar-refractivity contribution in [2.45, 2.75) is 83.1 Å². The van der Waals surface area contributed by atoms with Crippen LogP contribution in [0.25, 0.3) is 16.5 Å². The van der Waals surface area contributed by atoms with Crippen LogP contribution in [0.1, 0.15) is 58.1 Å². The smallest absolute Gasteiger partial charge is 0.281 e. The van der Waals surface area contributed by atoms with Crippen molar-refractivity contribution < 1.29 is 24.2 Å². The topological polar surface area (TPSA) is 118 Å². The number of H-pyrrole nitrogens is 1. The summed E-state index contributed by atoms with van der Waals surface area (Å²) >= 11 is 3.70. The van der Waals surface area contributed by atoms with E-state index in [0.29, 0.717) is 25.9 Å². The predicted octanol–water partition coefficient (Wildman–Crippen LogP) is 3.19. The third-order valence-corrected chi connectivity index (χ3v) is 10.9. The highest BCUT2D eigenvalue weighted by Gasteiger charge is 2.72. The number of piperazine rings is 1. The summed E-state index contributed by atoms with van der Waals surface area (Å²) in [7, 11) is 2.03. The summed E-state index contributed by atoms with van der Waals surface area (Å²) in [4.78, 5) is 50.8. The van der Waals surface area contributed by atoms with E-state index in [0.717, 1.165) is 34.1 Å². The van der Waals surface area contributed by atoms with Gasteiger partial charge in [-0.25, -0.2) is 0 Å². The first-order chi connectivity index (χ1) is 20.4. The molecule has 1 aliphatic carbocycles. The Balaban J connectivity index is 1.25. The van der Waals surface area contributed by atoms with Crippen LogP contribution in [0.5, 0.6) is 0 Å². The van der Waals surface area contributed by atoms with Crippen molar-refractivity contribution >= 4 is 50.1 Å². The van der Waals surface area contributed by atoms with Gasteiger partial charge < -0.3 is 20.3 Å². The van der Waals surface area contributed by atoms with Crippen LogP contribution in [0, 0.1) is 17.8 Å². The number of carbonyl (C=O) groups is 3. The maximum Gasteiger partial charge on any atom is 0.281 e. The summed E-state index contributed by atoms with van der Waals surface area (Å²) in [5, 5.41) is 16.3. The summed E-state index contributed by atoms with van der Waals surface area (Å²) < 4.78 is 7.43. The lowest BCUT2D eigenvalue weighted by molar-refractivity contribution is -0.322. The number of halogens is 1. The molecule has 5 heterocycles. The first-order valence-electron chi connectivity index (χ1n) is 15.5. The molecule has 3 saturated heterocycles. The Morgan fingerprint density at radius 2 is 2.02 bits per heavy atom. The first kappa shape index (κ1) is 29.0. The van der Waals surface area contributed by atoms with Gasteiger partial charge in [-0.1, -0.05) is 45.9 Å². The summed E-state index contributed by atoms with van der Waals surface area (Å²) in [6, 6.07) is 4.76. The fourth-order valence-electron chi connectivity index (χ4n) is 8.15. The second-order valence-corrected chi connectivity index (χ2v) is 14.5. The number of benzene rings is 1. The van der Waals surface area contributed by atoms with E-state index >= 15 is 0 Å². The van der Waals surface area contributed by atoms with Gasteiger partial charge in [0.1, 0.15) is 12.1 Å². The van der Waals surface area contributed by atoms with E-state index in [1.165, 1.54) is 15.8 Å². The van der Waals surface area contributed by atoms with Crippen molar-refractivity contribution in [3.05, 3.63) is 40.0 Å². The minimum Gasteiger partial charge on any atom is -0.349 e. The van der Waals surface area contributed by atoms with E-state index < -0.39 is 41.5 Å². The van der Waals surface area contributed by atoms with Crippen LogP contribution in [0.2, 0.25) is 0 Å². The van der Waals surface area contributed by atoms with Crippen LogP contribution < -0.4 is 5.32 Å². The Bertz CT molecular complexity index is 1570. The zero-order valence-electron chi connectivity index (χ0n) is 25.3. The maximum absolute atomic E-state index is 14.4. The van der Waals surface area contributed by atoms with Crippen LogP contribution in [0.4, 0.5) is 0 Å². The molecule has 0 unspecified atom stereocenters.